The van der Waals surface area contributed by atoms with Crippen LogP contribution in [0.2, 0.25) is 30.1 Å². The van der Waals surface area contributed by atoms with Crippen molar-refractivity contribution in [3.05, 3.63) is 80.0 Å². The molecule has 0 aromatic heterocycles. The molecule has 0 N–H and O–H groups in total. The fourth-order valence-corrected chi connectivity index (χ4v) is 8.29. The lowest BCUT2D eigenvalue weighted by Crippen LogP contribution is -2.09. The minimum atomic E-state index is -4.59. The molecule has 0 aliphatic heterocycles. The molecule has 0 saturated heterocycles. The van der Waals surface area contributed by atoms with Gasteiger partial charge in [0.1, 0.15) is 0 Å². The summed E-state index contributed by atoms with van der Waals surface area (Å²) < 4.78 is 32.3. The molecule has 32 heavy (non-hydrogen) atoms. The van der Waals surface area contributed by atoms with Gasteiger partial charge in [-0.25, -0.2) is 0 Å². The predicted molar refractivity (Wildman–Crippen MR) is 142 cm³/mol. The number of phosphoric ester groups is 1. The average Bonchev–Trinajstić information content (AvgIpc) is 2.64. The predicted octanol–water partition coefficient (Wildman–Crippen LogP) is 11.5. The van der Waals surface area contributed by atoms with Gasteiger partial charge in [-0.15, -0.1) is 0 Å². The van der Waals surface area contributed by atoms with Crippen molar-refractivity contribution in [3.8, 4) is 17.2 Å². The van der Waals surface area contributed by atoms with E-state index >= 15 is 0 Å². The Bertz CT molecular complexity index is 1040. The maximum Gasteiger partial charge on any atom is 0.647 e. The van der Waals surface area contributed by atoms with Crippen molar-refractivity contribution < 1.29 is 18.1 Å². The third-order valence-corrected chi connectivity index (χ3v) is 7.91. The zero-order valence-electron chi connectivity index (χ0n) is 14.9. The van der Waals surface area contributed by atoms with Crippen LogP contribution < -0.4 is 13.6 Å². The molecule has 0 aliphatic rings. The zero-order chi connectivity index (χ0) is 23.8. The summed E-state index contributed by atoms with van der Waals surface area (Å²) in [5.41, 5.74) is 0. The van der Waals surface area contributed by atoms with Crippen LogP contribution in [0.25, 0.3) is 0 Å². The van der Waals surface area contributed by atoms with Gasteiger partial charge in [0.15, 0.2) is 17.2 Å². The van der Waals surface area contributed by atoms with Crippen molar-refractivity contribution in [2.24, 2.45) is 0 Å². The van der Waals surface area contributed by atoms with E-state index in [0.717, 1.165) is 0 Å². The summed E-state index contributed by atoms with van der Waals surface area (Å²) >= 11 is 46.7. The zero-order valence-corrected chi connectivity index (χ0v) is 25.1. The second-order valence-corrected chi connectivity index (χ2v) is 12.4. The Morgan fingerprint density at radius 2 is 0.875 bits per heavy atom. The molecule has 0 spiro atoms. The highest BCUT2D eigenvalue weighted by molar-refractivity contribution is 9.11. The molecule has 3 aromatic rings. The SMILES string of the molecule is O=P(Oc1c(Cl)cc(Cl)cc1Cl)(Oc1c(Cl)cc(Cl)cc1Cl)Oc1c(Br)cc(Br)cc1Br. The summed E-state index contributed by atoms with van der Waals surface area (Å²) in [5.74, 6) is -0.280. The van der Waals surface area contributed by atoms with Gasteiger partial charge in [0.25, 0.3) is 0 Å². The highest BCUT2D eigenvalue weighted by Crippen LogP contribution is 2.57. The summed E-state index contributed by atoms with van der Waals surface area (Å²) in [4.78, 5) is 0. The van der Waals surface area contributed by atoms with Crippen molar-refractivity contribution in [1.82, 2.24) is 0 Å². The van der Waals surface area contributed by atoms with E-state index in [1.807, 2.05) is 0 Å². The second kappa shape index (κ2) is 11.0. The Hall–Kier alpha value is 0.470. The first-order chi connectivity index (χ1) is 14.9. The number of benzene rings is 3. The normalized spacial score (nSPS) is 11.4. The van der Waals surface area contributed by atoms with Crippen molar-refractivity contribution in [2.45, 2.75) is 0 Å². The summed E-state index contributed by atoms with van der Waals surface area (Å²) in [5, 5.41) is 0.362. The van der Waals surface area contributed by atoms with E-state index in [1.54, 1.807) is 12.1 Å². The van der Waals surface area contributed by atoms with Gasteiger partial charge in [0.05, 0.1) is 29.0 Å². The molecule has 0 fully saturated rings. The topological polar surface area (TPSA) is 44.8 Å². The second-order valence-electron chi connectivity index (χ2n) is 5.82. The minimum Gasteiger partial charge on any atom is -0.383 e. The van der Waals surface area contributed by atoms with Gasteiger partial charge < -0.3 is 13.6 Å². The first-order valence-electron chi connectivity index (χ1n) is 8.01. The van der Waals surface area contributed by atoms with Crippen molar-refractivity contribution in [2.75, 3.05) is 0 Å². The third kappa shape index (κ3) is 6.57. The Morgan fingerprint density at radius 1 is 0.562 bits per heavy atom. The smallest absolute Gasteiger partial charge is 0.383 e. The lowest BCUT2D eigenvalue weighted by atomic mass is 10.3. The molecule has 3 aromatic carbocycles. The highest BCUT2D eigenvalue weighted by atomic mass is 79.9. The van der Waals surface area contributed by atoms with E-state index in [4.69, 9.17) is 83.2 Å². The molecule has 0 unspecified atom stereocenters. The summed E-state index contributed by atoms with van der Waals surface area (Å²) in [6.45, 7) is 0. The van der Waals surface area contributed by atoms with Crippen LogP contribution in [0, 0.1) is 0 Å². The van der Waals surface area contributed by atoms with Crippen LogP contribution in [0.15, 0.2) is 49.8 Å². The molecule has 0 heterocycles. The lowest BCUT2D eigenvalue weighted by molar-refractivity contribution is 0.297. The molecular weight excluding hydrogens is 764 g/mol. The molecule has 170 valence electrons. The summed E-state index contributed by atoms with van der Waals surface area (Å²) in [7, 11) is -4.59. The van der Waals surface area contributed by atoms with Crippen LogP contribution in [-0.2, 0) is 4.57 Å². The van der Waals surface area contributed by atoms with Gasteiger partial charge in [0.2, 0.25) is 0 Å². The van der Waals surface area contributed by atoms with Crippen molar-refractivity contribution in [3.63, 3.8) is 0 Å². The molecule has 0 bridgehead atoms. The average molecular weight is 770 g/mol. The molecule has 3 rings (SSSR count). The van der Waals surface area contributed by atoms with Gasteiger partial charge in [-0.1, -0.05) is 85.5 Å². The molecule has 0 amide bonds. The first kappa shape index (κ1) is 27.1. The summed E-state index contributed by atoms with van der Waals surface area (Å²) in [6, 6.07) is 8.72. The van der Waals surface area contributed by atoms with Crippen molar-refractivity contribution >= 4 is 125 Å². The maximum atomic E-state index is 13.9. The van der Waals surface area contributed by atoms with Crippen LogP contribution in [0.5, 0.6) is 17.2 Å². The molecule has 0 aliphatic carbocycles. The number of hydrogen-bond acceptors (Lipinski definition) is 4. The fourth-order valence-electron chi connectivity index (χ4n) is 2.24. The van der Waals surface area contributed by atoms with E-state index in [1.165, 1.54) is 24.3 Å². The van der Waals surface area contributed by atoms with Crippen LogP contribution in [0.3, 0.4) is 0 Å². The van der Waals surface area contributed by atoms with Crippen LogP contribution in [0.4, 0.5) is 0 Å². The Labute approximate surface area is 238 Å². The largest absolute Gasteiger partial charge is 0.647 e. The van der Waals surface area contributed by atoms with Gasteiger partial charge in [-0.3, -0.25) is 0 Å². The first-order valence-corrected chi connectivity index (χ1v) is 14.1. The van der Waals surface area contributed by atoms with E-state index in [0.29, 0.717) is 13.4 Å². The van der Waals surface area contributed by atoms with E-state index in [9.17, 15) is 4.57 Å². The summed E-state index contributed by atoms with van der Waals surface area (Å²) in [6.07, 6.45) is 0. The van der Waals surface area contributed by atoms with E-state index in [2.05, 4.69) is 47.8 Å². The maximum absolute atomic E-state index is 13.9. The highest BCUT2D eigenvalue weighted by Gasteiger charge is 2.38. The standard InChI is InChI=1S/C18H6Br3Cl6O4P/c19-7-1-10(20)16(11(21)2-7)29-32(28,30-17-12(24)3-8(22)4-13(17)25)31-18-14(26)5-9(23)6-15(18)27/h1-6H. The molecule has 0 saturated carbocycles. The number of halogens is 9. The van der Waals surface area contributed by atoms with E-state index in [-0.39, 0.29) is 47.4 Å². The molecule has 14 heteroatoms. The molecule has 0 radical (unpaired) electrons. The number of phosphoric acid groups is 1. The lowest BCUT2D eigenvalue weighted by Gasteiger charge is -2.22. The Kier molecular flexibility index (Phi) is 9.33. The Balaban J connectivity index is 2.12. The van der Waals surface area contributed by atoms with Crippen LogP contribution in [-0.4, -0.2) is 0 Å². The molecule has 4 nitrogen and oxygen atoms in total. The minimum absolute atomic E-state index is 0.0304. The van der Waals surface area contributed by atoms with Gasteiger partial charge in [-0.2, -0.15) is 4.57 Å². The van der Waals surface area contributed by atoms with Crippen molar-refractivity contribution in [1.29, 1.82) is 0 Å². The van der Waals surface area contributed by atoms with Gasteiger partial charge in [-0.05, 0) is 68.3 Å². The van der Waals surface area contributed by atoms with Gasteiger partial charge >= 0.3 is 7.82 Å². The quantitative estimate of drug-likeness (QED) is 0.234. The Morgan fingerprint density at radius 3 is 1.22 bits per heavy atom. The number of rotatable bonds is 6. The van der Waals surface area contributed by atoms with E-state index < -0.39 is 7.82 Å². The molecular formula is C18H6Br3Cl6O4P. The fraction of sp³-hybridized carbons (Fsp3) is 0. The monoisotopic (exact) mass is 764 g/mol. The van der Waals surface area contributed by atoms with Crippen LogP contribution >= 0.6 is 125 Å². The van der Waals surface area contributed by atoms with Gasteiger partial charge in [0, 0.05) is 14.5 Å². The third-order valence-electron chi connectivity index (χ3n) is 3.50. The van der Waals surface area contributed by atoms with Crippen LogP contribution in [0.1, 0.15) is 0 Å². The molecule has 0 atom stereocenters. The number of hydrogen-bond donors (Lipinski definition) is 0.